The summed E-state index contributed by atoms with van der Waals surface area (Å²) in [7, 11) is -2.54. The maximum atomic E-state index is 11.6. The van der Waals surface area contributed by atoms with Gasteiger partial charge in [0.25, 0.3) is 14.2 Å². The molecule has 0 heterocycles. The van der Waals surface area contributed by atoms with Gasteiger partial charge in [-0.15, -0.1) is 0 Å². The van der Waals surface area contributed by atoms with Gasteiger partial charge in [-0.3, -0.25) is 4.79 Å². The molecule has 0 aliphatic rings. The van der Waals surface area contributed by atoms with Gasteiger partial charge in [-0.1, -0.05) is 81.9 Å². The summed E-state index contributed by atoms with van der Waals surface area (Å²) in [6, 6.07) is 18.5. The Labute approximate surface area is 145 Å². The molecule has 0 radical (unpaired) electrons. The molecule has 3 nitrogen and oxygen atoms in total. The predicted octanol–water partition coefficient (Wildman–Crippen LogP) is 2.91. The Balaban J connectivity index is 2.42. The first-order valence-corrected chi connectivity index (χ1v) is 10.4. The summed E-state index contributed by atoms with van der Waals surface area (Å²) >= 11 is 0. The third-order valence-corrected chi connectivity index (χ3v) is 7.55. The van der Waals surface area contributed by atoms with Crippen molar-refractivity contribution in [2.45, 2.75) is 32.7 Å². The van der Waals surface area contributed by atoms with Gasteiger partial charge in [-0.2, -0.15) is 0 Å². The Morgan fingerprint density at radius 2 is 1.58 bits per heavy atom. The lowest BCUT2D eigenvalue weighted by molar-refractivity contribution is -0.123. The summed E-state index contributed by atoms with van der Waals surface area (Å²) in [5.74, 6) is -0.337. The van der Waals surface area contributed by atoms with Crippen LogP contribution in [-0.2, 0) is 14.7 Å². The molecule has 2 aromatic carbocycles. The van der Waals surface area contributed by atoms with Crippen molar-refractivity contribution in [3.63, 3.8) is 0 Å². The van der Waals surface area contributed by atoms with Crippen molar-refractivity contribution in [3.8, 4) is 0 Å². The van der Waals surface area contributed by atoms with Crippen molar-refractivity contribution in [1.29, 1.82) is 0 Å². The lowest BCUT2D eigenvalue weighted by Crippen LogP contribution is -2.61. The van der Waals surface area contributed by atoms with Crippen molar-refractivity contribution >= 4 is 24.6 Å². The minimum absolute atomic E-state index is 0.0984. The number of hydrogen-bond donors (Lipinski definition) is 1. The van der Waals surface area contributed by atoms with E-state index in [0.717, 1.165) is 10.4 Å². The maximum Gasteiger partial charge on any atom is 0.287 e. The molecule has 0 saturated carbocycles. The van der Waals surface area contributed by atoms with Crippen LogP contribution >= 0.6 is 0 Å². The first-order chi connectivity index (χ1) is 11.3. The van der Waals surface area contributed by atoms with Crippen LogP contribution in [0.3, 0.4) is 0 Å². The second kappa shape index (κ2) is 7.15. The van der Waals surface area contributed by atoms with E-state index in [4.69, 9.17) is 4.53 Å². The highest BCUT2D eigenvalue weighted by Crippen LogP contribution is 2.21. The first kappa shape index (κ1) is 18.2. The zero-order chi connectivity index (χ0) is 17.8. The molecule has 4 heteroatoms. The van der Waals surface area contributed by atoms with E-state index in [1.54, 1.807) is 0 Å². The fourth-order valence-electron chi connectivity index (χ4n) is 2.52. The third kappa shape index (κ3) is 4.02. The Bertz CT molecular complexity index is 705. The van der Waals surface area contributed by atoms with Crippen LogP contribution in [0.5, 0.6) is 0 Å². The number of benzene rings is 2. The SMILES string of the molecule is C=CC(=O)NO[Si](C)(c1ccccc1)c1ccc(C(C)(C)C)cc1. The fraction of sp³-hybridized carbons (Fsp3) is 0.250. The molecule has 0 bridgehead atoms. The number of carbonyl (C=O) groups is 1. The standard InChI is InChI=1S/C20H25NO2Si/c1-6-19(22)21-23-24(5,17-10-8-7-9-11-17)18-14-12-16(13-15-18)20(2,3)4/h6-15H,1H2,2-5H3,(H,21,22). The zero-order valence-electron chi connectivity index (χ0n) is 14.8. The second-order valence-corrected chi connectivity index (χ2v) is 10.4. The van der Waals surface area contributed by atoms with Crippen LogP contribution in [0.1, 0.15) is 26.3 Å². The molecule has 1 unspecified atom stereocenters. The van der Waals surface area contributed by atoms with Gasteiger partial charge < -0.3 is 4.53 Å². The minimum Gasteiger partial charge on any atom is -0.308 e. The highest BCUT2D eigenvalue weighted by molar-refractivity contribution is 6.96. The van der Waals surface area contributed by atoms with Gasteiger partial charge in [0.05, 0.1) is 0 Å². The summed E-state index contributed by atoms with van der Waals surface area (Å²) in [6.07, 6.45) is 1.21. The summed E-state index contributed by atoms with van der Waals surface area (Å²) in [5, 5.41) is 2.20. The number of hydrogen-bond acceptors (Lipinski definition) is 2. The molecule has 2 aromatic rings. The lowest BCUT2D eigenvalue weighted by Gasteiger charge is -2.28. The number of nitrogens with one attached hydrogen (secondary N) is 1. The minimum atomic E-state index is -2.54. The quantitative estimate of drug-likeness (QED) is 0.517. The van der Waals surface area contributed by atoms with Crippen molar-refractivity contribution in [2.24, 2.45) is 0 Å². The Kier molecular flexibility index (Phi) is 5.42. The van der Waals surface area contributed by atoms with Crippen LogP contribution in [0.4, 0.5) is 0 Å². The molecule has 126 valence electrons. The zero-order valence-corrected chi connectivity index (χ0v) is 15.8. The largest absolute Gasteiger partial charge is 0.308 e. The van der Waals surface area contributed by atoms with Gasteiger partial charge >= 0.3 is 0 Å². The third-order valence-electron chi connectivity index (χ3n) is 4.17. The van der Waals surface area contributed by atoms with Crippen molar-refractivity contribution in [2.75, 3.05) is 0 Å². The second-order valence-electron chi connectivity index (χ2n) is 7.00. The lowest BCUT2D eigenvalue weighted by atomic mass is 9.87. The van der Waals surface area contributed by atoms with E-state index in [-0.39, 0.29) is 11.3 Å². The molecule has 0 fully saturated rings. The molecule has 2 rings (SSSR count). The molecule has 0 saturated heterocycles. The number of rotatable bonds is 5. The summed E-state index contributed by atoms with van der Waals surface area (Å²) < 4.78 is 5.95. The van der Waals surface area contributed by atoms with Gasteiger partial charge in [-0.25, -0.2) is 5.48 Å². The van der Waals surface area contributed by atoms with Crippen LogP contribution in [0.2, 0.25) is 6.55 Å². The van der Waals surface area contributed by atoms with Gasteiger partial charge in [0.1, 0.15) is 0 Å². The van der Waals surface area contributed by atoms with Crippen LogP contribution in [0.15, 0.2) is 67.3 Å². The summed E-state index contributed by atoms with van der Waals surface area (Å²) in [6.45, 7) is 12.1. The Hall–Kier alpha value is -2.17. The van der Waals surface area contributed by atoms with Crippen LogP contribution in [0, 0.1) is 0 Å². The van der Waals surface area contributed by atoms with Crippen molar-refractivity contribution < 1.29 is 9.32 Å². The van der Waals surface area contributed by atoms with Crippen LogP contribution in [0.25, 0.3) is 0 Å². The molecule has 0 spiro atoms. The van der Waals surface area contributed by atoms with Gasteiger partial charge in [0.15, 0.2) is 0 Å². The van der Waals surface area contributed by atoms with Crippen LogP contribution in [-0.4, -0.2) is 14.2 Å². The molecule has 0 aliphatic carbocycles. The van der Waals surface area contributed by atoms with E-state index in [1.165, 1.54) is 11.6 Å². The van der Waals surface area contributed by atoms with Gasteiger partial charge in [0, 0.05) is 0 Å². The molecule has 1 atom stereocenters. The van der Waals surface area contributed by atoms with E-state index < -0.39 is 8.32 Å². The average molecular weight is 340 g/mol. The van der Waals surface area contributed by atoms with E-state index in [1.807, 2.05) is 30.3 Å². The molecule has 0 aliphatic heterocycles. The monoisotopic (exact) mass is 339 g/mol. The highest BCUT2D eigenvalue weighted by Gasteiger charge is 2.36. The smallest absolute Gasteiger partial charge is 0.287 e. The van der Waals surface area contributed by atoms with E-state index in [9.17, 15) is 4.79 Å². The highest BCUT2D eigenvalue weighted by atomic mass is 28.4. The van der Waals surface area contributed by atoms with E-state index in [0.29, 0.717) is 0 Å². The van der Waals surface area contributed by atoms with E-state index >= 15 is 0 Å². The Morgan fingerprint density at radius 1 is 1.04 bits per heavy atom. The van der Waals surface area contributed by atoms with Gasteiger partial charge in [0.2, 0.25) is 0 Å². The molecular weight excluding hydrogens is 314 g/mol. The first-order valence-electron chi connectivity index (χ1n) is 8.04. The van der Waals surface area contributed by atoms with E-state index in [2.05, 4.69) is 63.6 Å². The topological polar surface area (TPSA) is 38.3 Å². The summed E-state index contributed by atoms with van der Waals surface area (Å²) in [5.41, 5.74) is 3.89. The number of hydroxylamine groups is 1. The molecule has 1 N–H and O–H groups in total. The molecular formula is C20H25NO2Si. The maximum absolute atomic E-state index is 11.6. The fourth-order valence-corrected chi connectivity index (χ4v) is 5.03. The molecule has 1 amide bonds. The van der Waals surface area contributed by atoms with Crippen molar-refractivity contribution in [3.05, 3.63) is 72.8 Å². The average Bonchev–Trinajstić information content (AvgIpc) is 2.59. The van der Waals surface area contributed by atoms with Gasteiger partial charge in [-0.05, 0) is 34.0 Å². The Morgan fingerprint density at radius 3 is 2.08 bits per heavy atom. The number of carbonyl (C=O) groups excluding carboxylic acids is 1. The number of amides is 1. The van der Waals surface area contributed by atoms with Crippen LogP contribution < -0.4 is 15.9 Å². The molecule has 0 aromatic heterocycles. The van der Waals surface area contributed by atoms with Crippen molar-refractivity contribution in [1.82, 2.24) is 5.48 Å². The molecule has 24 heavy (non-hydrogen) atoms. The normalized spacial score (nSPS) is 13.8. The predicted molar refractivity (Wildman–Crippen MR) is 102 cm³/mol. The summed E-state index contributed by atoms with van der Waals surface area (Å²) in [4.78, 5) is 11.6.